The van der Waals surface area contributed by atoms with Crippen LogP contribution in [0, 0.1) is 0 Å². The highest BCUT2D eigenvalue weighted by Crippen LogP contribution is 2.19. The largest absolute Gasteiger partial charge is 0.401 e. The molecule has 2 nitrogen and oxygen atoms in total. The van der Waals surface area contributed by atoms with Crippen LogP contribution in [0.1, 0.15) is 17.3 Å². The zero-order valence-electron chi connectivity index (χ0n) is 9.96. The Morgan fingerprint density at radius 3 is 2.56 bits per heavy atom. The van der Waals surface area contributed by atoms with E-state index < -0.39 is 18.8 Å². The van der Waals surface area contributed by atoms with Gasteiger partial charge in [-0.3, -0.25) is 9.69 Å². The molecule has 18 heavy (non-hydrogen) atoms. The summed E-state index contributed by atoms with van der Waals surface area (Å²) >= 11 is 5.73. The lowest BCUT2D eigenvalue weighted by atomic mass is 10.0. The number of Topliss-reactive ketones (excluding diaryl/α,β-unsaturated/α-hetero) is 1. The van der Waals surface area contributed by atoms with Gasteiger partial charge in [0, 0.05) is 10.6 Å². The van der Waals surface area contributed by atoms with Crippen LogP contribution in [0.2, 0.25) is 5.02 Å². The Hall–Kier alpha value is -1.07. The first kappa shape index (κ1) is 15.0. The molecule has 0 aliphatic heterocycles. The van der Waals surface area contributed by atoms with Crippen LogP contribution >= 0.6 is 11.6 Å². The predicted octanol–water partition coefficient (Wildman–Crippen LogP) is 3.41. The van der Waals surface area contributed by atoms with Crippen molar-refractivity contribution in [2.45, 2.75) is 19.1 Å². The van der Waals surface area contributed by atoms with E-state index in [1.807, 2.05) is 0 Å². The zero-order chi connectivity index (χ0) is 13.9. The molecule has 0 bridgehead atoms. The summed E-state index contributed by atoms with van der Waals surface area (Å²) in [7, 11) is 1.26. The number of ketones is 1. The third kappa shape index (κ3) is 4.31. The first-order chi connectivity index (χ1) is 8.20. The number of carbonyl (C=O) groups is 1. The summed E-state index contributed by atoms with van der Waals surface area (Å²) in [5.74, 6) is -0.385. The quantitative estimate of drug-likeness (QED) is 0.787. The van der Waals surface area contributed by atoms with Crippen LogP contribution in [0.4, 0.5) is 13.2 Å². The van der Waals surface area contributed by atoms with Gasteiger partial charge in [-0.15, -0.1) is 0 Å². The smallest absolute Gasteiger partial charge is 0.292 e. The predicted molar refractivity (Wildman–Crippen MR) is 63.9 cm³/mol. The fourth-order valence-corrected chi connectivity index (χ4v) is 1.69. The third-order valence-corrected chi connectivity index (χ3v) is 2.81. The van der Waals surface area contributed by atoms with Crippen molar-refractivity contribution in [1.82, 2.24) is 4.90 Å². The van der Waals surface area contributed by atoms with Gasteiger partial charge in [0.15, 0.2) is 5.78 Å². The van der Waals surface area contributed by atoms with Crippen LogP contribution in [0.15, 0.2) is 24.3 Å². The number of likely N-dealkylation sites (N-methyl/N-ethyl adjacent to an activating group) is 1. The van der Waals surface area contributed by atoms with Crippen LogP contribution in [-0.4, -0.2) is 36.5 Å². The molecule has 1 atom stereocenters. The standard InChI is InChI=1S/C12H13ClF3NO/c1-8(17(2)7-12(14,15)16)11(18)9-4-3-5-10(13)6-9/h3-6,8H,7H2,1-2H3. The van der Waals surface area contributed by atoms with Gasteiger partial charge < -0.3 is 0 Å². The maximum absolute atomic E-state index is 12.2. The van der Waals surface area contributed by atoms with E-state index >= 15 is 0 Å². The van der Waals surface area contributed by atoms with E-state index in [-0.39, 0.29) is 5.78 Å². The highest BCUT2D eigenvalue weighted by atomic mass is 35.5. The fourth-order valence-electron chi connectivity index (χ4n) is 1.50. The number of benzene rings is 1. The molecule has 100 valence electrons. The molecule has 0 amide bonds. The molecule has 0 aliphatic rings. The van der Waals surface area contributed by atoms with Crippen molar-refractivity contribution in [2.75, 3.05) is 13.6 Å². The average molecular weight is 280 g/mol. The van der Waals surface area contributed by atoms with E-state index in [1.54, 1.807) is 12.1 Å². The topological polar surface area (TPSA) is 20.3 Å². The van der Waals surface area contributed by atoms with E-state index in [2.05, 4.69) is 0 Å². The summed E-state index contributed by atoms with van der Waals surface area (Å²) in [6, 6.07) is 5.31. The zero-order valence-corrected chi connectivity index (χ0v) is 10.7. The van der Waals surface area contributed by atoms with E-state index in [9.17, 15) is 18.0 Å². The molecule has 1 aromatic rings. The SMILES string of the molecule is CC(C(=O)c1cccc(Cl)c1)N(C)CC(F)(F)F. The monoisotopic (exact) mass is 279 g/mol. The summed E-state index contributed by atoms with van der Waals surface area (Å²) < 4.78 is 36.7. The van der Waals surface area contributed by atoms with Gasteiger partial charge in [0.25, 0.3) is 0 Å². The highest BCUT2D eigenvalue weighted by Gasteiger charge is 2.32. The number of hydrogen-bond acceptors (Lipinski definition) is 2. The van der Waals surface area contributed by atoms with Crippen LogP contribution in [0.3, 0.4) is 0 Å². The number of rotatable bonds is 4. The van der Waals surface area contributed by atoms with Crippen LogP contribution < -0.4 is 0 Å². The lowest BCUT2D eigenvalue weighted by Gasteiger charge is -2.24. The summed E-state index contributed by atoms with van der Waals surface area (Å²) in [4.78, 5) is 12.9. The molecule has 0 spiro atoms. The third-order valence-electron chi connectivity index (χ3n) is 2.58. The maximum atomic E-state index is 12.2. The van der Waals surface area contributed by atoms with Crippen molar-refractivity contribution in [3.05, 3.63) is 34.9 Å². The summed E-state index contributed by atoms with van der Waals surface area (Å²) in [5.41, 5.74) is 0.309. The van der Waals surface area contributed by atoms with Gasteiger partial charge in [0.2, 0.25) is 0 Å². The number of halogens is 4. The van der Waals surface area contributed by atoms with Gasteiger partial charge in [-0.05, 0) is 26.1 Å². The Kier molecular flexibility index (Phi) is 4.76. The molecule has 0 aromatic heterocycles. The van der Waals surface area contributed by atoms with Crippen molar-refractivity contribution in [3.63, 3.8) is 0 Å². The molecular formula is C12H13ClF3NO. The number of hydrogen-bond donors (Lipinski definition) is 0. The molecule has 0 heterocycles. The van der Waals surface area contributed by atoms with E-state index in [0.717, 1.165) is 4.90 Å². The molecular weight excluding hydrogens is 267 g/mol. The molecule has 0 fully saturated rings. The first-order valence-corrected chi connectivity index (χ1v) is 5.65. The first-order valence-electron chi connectivity index (χ1n) is 5.27. The normalized spacial score (nSPS) is 13.7. The van der Waals surface area contributed by atoms with Gasteiger partial charge in [-0.25, -0.2) is 0 Å². The number of nitrogens with zero attached hydrogens (tertiary/aromatic N) is 1. The molecule has 1 unspecified atom stereocenters. The van der Waals surface area contributed by atoms with Crippen molar-refractivity contribution >= 4 is 17.4 Å². The molecule has 0 saturated carbocycles. The number of alkyl halides is 3. The Morgan fingerprint density at radius 1 is 1.44 bits per heavy atom. The average Bonchev–Trinajstić information content (AvgIpc) is 2.24. The van der Waals surface area contributed by atoms with Gasteiger partial charge in [-0.1, -0.05) is 23.7 Å². The van der Waals surface area contributed by atoms with Crippen LogP contribution in [-0.2, 0) is 0 Å². The van der Waals surface area contributed by atoms with Crippen molar-refractivity contribution in [1.29, 1.82) is 0 Å². The molecule has 0 N–H and O–H groups in total. The summed E-state index contributed by atoms with van der Waals surface area (Å²) in [6.07, 6.45) is -4.32. The van der Waals surface area contributed by atoms with Crippen LogP contribution in [0.25, 0.3) is 0 Å². The number of carbonyl (C=O) groups excluding carboxylic acids is 1. The lowest BCUT2D eigenvalue weighted by molar-refractivity contribution is -0.145. The minimum absolute atomic E-state index is 0.309. The second-order valence-corrected chi connectivity index (χ2v) is 4.52. The second kappa shape index (κ2) is 5.71. The summed E-state index contributed by atoms with van der Waals surface area (Å²) in [6.45, 7) is 0.315. The summed E-state index contributed by atoms with van der Waals surface area (Å²) in [5, 5.41) is 0.381. The van der Waals surface area contributed by atoms with Crippen LogP contribution in [0.5, 0.6) is 0 Å². The van der Waals surface area contributed by atoms with Crippen molar-refractivity contribution < 1.29 is 18.0 Å². The van der Waals surface area contributed by atoms with Gasteiger partial charge in [-0.2, -0.15) is 13.2 Å². The Labute approximate surface area is 108 Å². The molecule has 0 aliphatic carbocycles. The minimum atomic E-state index is -4.32. The van der Waals surface area contributed by atoms with E-state index in [0.29, 0.717) is 10.6 Å². The second-order valence-electron chi connectivity index (χ2n) is 4.08. The Morgan fingerprint density at radius 2 is 2.06 bits per heavy atom. The van der Waals surface area contributed by atoms with E-state index in [4.69, 9.17) is 11.6 Å². The maximum Gasteiger partial charge on any atom is 0.401 e. The minimum Gasteiger partial charge on any atom is -0.292 e. The van der Waals surface area contributed by atoms with Crippen molar-refractivity contribution in [3.8, 4) is 0 Å². The molecule has 6 heteroatoms. The van der Waals surface area contributed by atoms with Gasteiger partial charge in [0.05, 0.1) is 12.6 Å². The Bertz CT molecular complexity index is 434. The highest BCUT2D eigenvalue weighted by molar-refractivity contribution is 6.31. The van der Waals surface area contributed by atoms with E-state index in [1.165, 1.54) is 26.1 Å². The van der Waals surface area contributed by atoms with Gasteiger partial charge in [0.1, 0.15) is 0 Å². The molecule has 0 saturated heterocycles. The molecule has 1 aromatic carbocycles. The lowest BCUT2D eigenvalue weighted by Crippen LogP contribution is -2.41. The van der Waals surface area contributed by atoms with Crippen molar-refractivity contribution in [2.24, 2.45) is 0 Å². The Balaban J connectivity index is 2.78. The fraction of sp³-hybridized carbons (Fsp3) is 0.417. The molecule has 1 rings (SSSR count). The van der Waals surface area contributed by atoms with Gasteiger partial charge >= 0.3 is 6.18 Å². The molecule has 0 radical (unpaired) electrons.